The van der Waals surface area contributed by atoms with Crippen LogP contribution in [0, 0.1) is 0 Å². The first-order valence-corrected chi connectivity index (χ1v) is 4.40. The monoisotopic (exact) mass is 203 g/mol. The summed E-state index contributed by atoms with van der Waals surface area (Å²) in [5, 5.41) is 3.33. The first-order chi connectivity index (χ1) is 6.18. The van der Waals surface area contributed by atoms with Crippen molar-refractivity contribution in [2.45, 2.75) is 12.8 Å². The van der Waals surface area contributed by atoms with E-state index in [2.05, 4.69) is 5.32 Å². The van der Waals surface area contributed by atoms with Crippen molar-refractivity contribution in [3.63, 3.8) is 0 Å². The van der Waals surface area contributed by atoms with Crippen molar-refractivity contribution in [1.82, 2.24) is 0 Å². The Bertz CT molecular complexity index is 339. The fraction of sp³-hybridized carbons (Fsp3) is 0.333. The molecule has 1 heterocycles. The van der Waals surface area contributed by atoms with Gasteiger partial charge >= 0.3 is 0 Å². The Morgan fingerprint density at radius 2 is 2.15 bits per heavy atom. The molecule has 0 bridgehead atoms. The first-order valence-electron chi connectivity index (χ1n) is 4.03. The minimum absolute atomic E-state index is 0.0139. The molecule has 1 aliphatic heterocycles. The number of benzene rings is 1. The lowest BCUT2D eigenvalue weighted by molar-refractivity contribution is 0.152. The molecule has 0 amide bonds. The summed E-state index contributed by atoms with van der Waals surface area (Å²) in [5.41, 5.74) is 1.47. The van der Waals surface area contributed by atoms with Gasteiger partial charge in [-0.25, -0.2) is 8.78 Å². The number of rotatable bonds is 1. The summed E-state index contributed by atoms with van der Waals surface area (Å²) in [5.74, 6) is 0. The second-order valence-electron chi connectivity index (χ2n) is 3.01. The van der Waals surface area contributed by atoms with Crippen LogP contribution in [0.25, 0.3) is 0 Å². The number of alkyl halides is 2. The third kappa shape index (κ3) is 1.48. The van der Waals surface area contributed by atoms with Crippen molar-refractivity contribution in [1.29, 1.82) is 0 Å². The quantitative estimate of drug-likeness (QED) is 0.739. The van der Waals surface area contributed by atoms with E-state index in [0.717, 1.165) is 18.5 Å². The van der Waals surface area contributed by atoms with Gasteiger partial charge < -0.3 is 5.32 Å². The van der Waals surface area contributed by atoms with Crippen molar-refractivity contribution in [3.05, 3.63) is 28.3 Å². The highest BCUT2D eigenvalue weighted by atomic mass is 35.5. The molecular weight excluding hydrogens is 196 g/mol. The molecule has 1 aliphatic rings. The molecule has 1 nitrogen and oxygen atoms in total. The second-order valence-corrected chi connectivity index (χ2v) is 3.44. The van der Waals surface area contributed by atoms with E-state index < -0.39 is 6.43 Å². The van der Waals surface area contributed by atoms with E-state index in [-0.39, 0.29) is 5.56 Å². The smallest absolute Gasteiger partial charge is 0.265 e. The Morgan fingerprint density at radius 3 is 2.85 bits per heavy atom. The Kier molecular flexibility index (Phi) is 2.12. The summed E-state index contributed by atoms with van der Waals surface area (Å²) < 4.78 is 25.0. The van der Waals surface area contributed by atoms with Gasteiger partial charge in [-0.05, 0) is 24.1 Å². The summed E-state index contributed by atoms with van der Waals surface area (Å²) in [6.45, 7) is 0.718. The third-order valence-electron chi connectivity index (χ3n) is 2.15. The average Bonchev–Trinajstić information content (AvgIpc) is 2.49. The van der Waals surface area contributed by atoms with Crippen LogP contribution in [0.3, 0.4) is 0 Å². The molecule has 1 aromatic rings. The largest absolute Gasteiger partial charge is 0.384 e. The van der Waals surface area contributed by atoms with Gasteiger partial charge in [0.25, 0.3) is 6.43 Å². The molecule has 13 heavy (non-hydrogen) atoms. The predicted molar refractivity (Wildman–Crippen MR) is 48.6 cm³/mol. The molecule has 70 valence electrons. The van der Waals surface area contributed by atoms with Crippen LogP contribution in [0.2, 0.25) is 5.02 Å². The summed E-state index contributed by atoms with van der Waals surface area (Å²) in [6, 6.07) is 3.06. The standard InChI is InChI=1S/C9H8ClF2N/c10-6-3-5-1-2-13-8(5)7(4-6)9(11)12/h3-4,9,13H,1-2H2. The Labute approximate surface area is 79.7 Å². The normalized spacial score (nSPS) is 14.5. The van der Waals surface area contributed by atoms with Gasteiger partial charge in [-0.15, -0.1) is 0 Å². The minimum atomic E-state index is -2.46. The van der Waals surface area contributed by atoms with Crippen LogP contribution in [-0.2, 0) is 6.42 Å². The van der Waals surface area contributed by atoms with Crippen LogP contribution in [-0.4, -0.2) is 6.54 Å². The van der Waals surface area contributed by atoms with Gasteiger partial charge in [0.15, 0.2) is 0 Å². The highest BCUT2D eigenvalue weighted by Crippen LogP contribution is 2.35. The molecule has 0 spiro atoms. The zero-order chi connectivity index (χ0) is 9.42. The minimum Gasteiger partial charge on any atom is -0.384 e. The Balaban J connectivity index is 2.55. The number of halogens is 3. The van der Waals surface area contributed by atoms with Crippen LogP contribution in [0.1, 0.15) is 17.6 Å². The number of nitrogens with one attached hydrogen (secondary N) is 1. The van der Waals surface area contributed by atoms with Crippen molar-refractivity contribution < 1.29 is 8.78 Å². The molecule has 1 N–H and O–H groups in total. The van der Waals surface area contributed by atoms with E-state index in [1.54, 1.807) is 6.07 Å². The molecule has 0 saturated carbocycles. The van der Waals surface area contributed by atoms with Crippen molar-refractivity contribution in [2.24, 2.45) is 0 Å². The summed E-state index contributed by atoms with van der Waals surface area (Å²) in [4.78, 5) is 0. The van der Waals surface area contributed by atoms with Crippen LogP contribution in [0.15, 0.2) is 12.1 Å². The van der Waals surface area contributed by atoms with E-state index >= 15 is 0 Å². The van der Waals surface area contributed by atoms with Gasteiger partial charge in [0, 0.05) is 22.8 Å². The van der Waals surface area contributed by atoms with Crippen molar-refractivity contribution in [3.8, 4) is 0 Å². The van der Waals surface area contributed by atoms with Gasteiger partial charge in [0.05, 0.1) is 0 Å². The summed E-state index contributed by atoms with van der Waals surface area (Å²) in [6.07, 6.45) is -1.69. The zero-order valence-electron chi connectivity index (χ0n) is 6.78. The van der Waals surface area contributed by atoms with Gasteiger partial charge in [-0.2, -0.15) is 0 Å². The topological polar surface area (TPSA) is 12.0 Å². The van der Waals surface area contributed by atoms with Gasteiger partial charge in [0.2, 0.25) is 0 Å². The highest BCUT2D eigenvalue weighted by Gasteiger charge is 2.20. The van der Waals surface area contributed by atoms with Gasteiger partial charge in [-0.1, -0.05) is 11.6 Å². The molecule has 0 aromatic heterocycles. The van der Waals surface area contributed by atoms with E-state index in [4.69, 9.17) is 11.6 Å². The zero-order valence-corrected chi connectivity index (χ0v) is 7.54. The SMILES string of the molecule is FC(F)c1cc(Cl)cc2c1NCC2. The van der Waals surface area contributed by atoms with Crippen molar-refractivity contribution >= 4 is 17.3 Å². The summed E-state index contributed by atoms with van der Waals surface area (Å²) >= 11 is 5.71. The van der Waals surface area contributed by atoms with Crippen LogP contribution >= 0.6 is 11.6 Å². The van der Waals surface area contributed by atoms with E-state index in [1.165, 1.54) is 6.07 Å². The molecule has 0 saturated heterocycles. The van der Waals surface area contributed by atoms with Gasteiger partial charge in [0.1, 0.15) is 0 Å². The van der Waals surface area contributed by atoms with Crippen LogP contribution in [0.5, 0.6) is 0 Å². The fourth-order valence-corrected chi connectivity index (χ4v) is 1.84. The highest BCUT2D eigenvalue weighted by molar-refractivity contribution is 6.30. The average molecular weight is 204 g/mol. The van der Waals surface area contributed by atoms with E-state index in [0.29, 0.717) is 10.7 Å². The van der Waals surface area contributed by atoms with Crippen molar-refractivity contribution in [2.75, 3.05) is 11.9 Å². The summed E-state index contributed by atoms with van der Waals surface area (Å²) in [7, 11) is 0. The molecule has 0 atom stereocenters. The molecule has 0 unspecified atom stereocenters. The number of hydrogen-bond donors (Lipinski definition) is 1. The first kappa shape index (κ1) is 8.75. The number of hydrogen-bond acceptors (Lipinski definition) is 1. The molecule has 0 radical (unpaired) electrons. The fourth-order valence-electron chi connectivity index (χ4n) is 1.59. The number of anilines is 1. The molecule has 4 heteroatoms. The Hall–Kier alpha value is -0.830. The van der Waals surface area contributed by atoms with E-state index in [9.17, 15) is 8.78 Å². The molecule has 0 fully saturated rings. The third-order valence-corrected chi connectivity index (χ3v) is 2.36. The molecule has 1 aromatic carbocycles. The lowest BCUT2D eigenvalue weighted by Gasteiger charge is -2.08. The van der Waals surface area contributed by atoms with Gasteiger partial charge in [-0.3, -0.25) is 0 Å². The maximum atomic E-state index is 12.5. The lowest BCUT2D eigenvalue weighted by Crippen LogP contribution is -1.96. The van der Waals surface area contributed by atoms with Crippen LogP contribution in [0.4, 0.5) is 14.5 Å². The second kappa shape index (κ2) is 3.14. The van der Waals surface area contributed by atoms with Crippen LogP contribution < -0.4 is 5.32 Å². The van der Waals surface area contributed by atoms with E-state index in [1.807, 2.05) is 0 Å². The lowest BCUT2D eigenvalue weighted by atomic mass is 10.1. The maximum absolute atomic E-state index is 12.5. The number of fused-ring (bicyclic) bond motifs is 1. The molecular formula is C9H8ClF2N. The molecule has 0 aliphatic carbocycles. The maximum Gasteiger partial charge on any atom is 0.265 e. The molecule has 2 rings (SSSR count). The predicted octanol–water partition coefficient (Wildman–Crippen LogP) is 3.25. The Morgan fingerprint density at radius 1 is 1.38 bits per heavy atom.